The molecule has 3 unspecified atom stereocenters. The Balaban J connectivity index is 1.38. The summed E-state index contributed by atoms with van der Waals surface area (Å²) >= 11 is 0. The summed E-state index contributed by atoms with van der Waals surface area (Å²) in [4.78, 5) is 11.0. The fourth-order valence-electron chi connectivity index (χ4n) is 4.68. The van der Waals surface area contributed by atoms with Crippen LogP contribution < -0.4 is 10.3 Å². The fraction of sp³-hybridized carbons (Fsp3) is 0.368. The minimum absolute atomic E-state index is 0.0608. The Kier molecular flexibility index (Phi) is 3.32. The molecule has 1 aromatic carbocycles. The molecule has 1 fully saturated rings. The second-order valence-corrected chi connectivity index (χ2v) is 7.48. The number of amidine groups is 1. The van der Waals surface area contributed by atoms with Crippen LogP contribution in [-0.4, -0.2) is 31.7 Å². The predicted octanol–water partition coefficient (Wildman–Crippen LogP) is 2.91. The van der Waals surface area contributed by atoms with Crippen molar-refractivity contribution in [3.8, 4) is 11.4 Å². The number of hydrogen-bond donors (Lipinski definition) is 1. The summed E-state index contributed by atoms with van der Waals surface area (Å²) in [7, 11) is 0. The highest BCUT2D eigenvalue weighted by Gasteiger charge is 2.47. The first kappa shape index (κ1) is 15.8. The molecule has 6 rings (SSSR count). The highest BCUT2D eigenvalue weighted by atomic mass is 19.1. The van der Waals surface area contributed by atoms with E-state index in [2.05, 4.69) is 35.1 Å². The zero-order valence-corrected chi connectivity index (χ0v) is 15.0. The van der Waals surface area contributed by atoms with E-state index in [1.165, 1.54) is 25.0 Å². The highest BCUT2D eigenvalue weighted by molar-refractivity contribution is 6.08. The van der Waals surface area contributed by atoms with E-state index in [9.17, 15) is 4.39 Å². The summed E-state index contributed by atoms with van der Waals surface area (Å²) in [6, 6.07) is 6.45. The molecule has 3 aromatic rings. The van der Waals surface area contributed by atoms with Gasteiger partial charge in [0.1, 0.15) is 17.8 Å². The van der Waals surface area contributed by atoms with Crippen molar-refractivity contribution in [2.75, 3.05) is 4.90 Å². The van der Waals surface area contributed by atoms with Gasteiger partial charge in [0.25, 0.3) is 5.89 Å². The Labute approximate surface area is 160 Å². The Hall–Kier alpha value is -3.23. The van der Waals surface area contributed by atoms with Gasteiger partial charge in [0.2, 0.25) is 11.7 Å². The van der Waals surface area contributed by atoms with Gasteiger partial charge in [0.05, 0.1) is 12.5 Å². The van der Waals surface area contributed by atoms with Gasteiger partial charge in [-0.3, -0.25) is 10.3 Å². The van der Waals surface area contributed by atoms with Crippen molar-refractivity contribution in [1.29, 1.82) is 0 Å². The third-order valence-electron chi connectivity index (χ3n) is 5.97. The van der Waals surface area contributed by atoms with E-state index in [4.69, 9.17) is 4.52 Å². The number of rotatable bonds is 2. The van der Waals surface area contributed by atoms with Gasteiger partial charge in [-0.1, -0.05) is 18.0 Å². The molecule has 0 spiro atoms. The van der Waals surface area contributed by atoms with Crippen LogP contribution in [0.15, 0.2) is 46.4 Å². The molecule has 4 heterocycles. The van der Waals surface area contributed by atoms with E-state index in [-0.39, 0.29) is 12.0 Å². The van der Waals surface area contributed by atoms with Gasteiger partial charge in [-0.2, -0.15) is 10.1 Å². The number of fused-ring (bicyclic) bond motifs is 6. The first-order chi connectivity index (χ1) is 13.8. The van der Waals surface area contributed by atoms with Gasteiger partial charge < -0.3 is 9.09 Å². The lowest BCUT2D eigenvalue weighted by molar-refractivity contribution is 0.175. The second-order valence-electron chi connectivity index (χ2n) is 7.48. The van der Waals surface area contributed by atoms with Crippen LogP contribution in [-0.2, 0) is 0 Å². The van der Waals surface area contributed by atoms with Crippen LogP contribution in [0.25, 0.3) is 11.4 Å². The molecule has 0 bridgehead atoms. The molecular weight excluding hydrogens is 361 g/mol. The average molecular weight is 379 g/mol. The minimum Gasteiger partial charge on any atom is -0.330 e. The summed E-state index contributed by atoms with van der Waals surface area (Å²) in [5.41, 5.74) is 3.98. The van der Waals surface area contributed by atoms with Crippen LogP contribution in [0.4, 0.5) is 10.2 Å². The average Bonchev–Trinajstić information content (AvgIpc) is 3.46. The van der Waals surface area contributed by atoms with Crippen molar-refractivity contribution in [1.82, 2.24) is 25.1 Å². The molecule has 0 radical (unpaired) electrons. The van der Waals surface area contributed by atoms with Crippen molar-refractivity contribution < 1.29 is 8.91 Å². The van der Waals surface area contributed by atoms with E-state index in [1.807, 2.05) is 12.5 Å². The van der Waals surface area contributed by atoms with Gasteiger partial charge in [-0.25, -0.2) is 9.37 Å². The van der Waals surface area contributed by atoms with Crippen molar-refractivity contribution in [3.05, 3.63) is 48.5 Å². The molecule has 0 amide bonds. The molecule has 2 aliphatic heterocycles. The molecule has 3 atom stereocenters. The Bertz CT molecular complexity index is 1060. The third kappa shape index (κ3) is 2.22. The molecule has 9 heteroatoms. The maximum atomic E-state index is 13.2. The fourth-order valence-corrected chi connectivity index (χ4v) is 4.68. The molecule has 28 heavy (non-hydrogen) atoms. The third-order valence-corrected chi connectivity index (χ3v) is 5.97. The van der Waals surface area contributed by atoms with E-state index in [0.29, 0.717) is 35.1 Å². The Morgan fingerprint density at radius 2 is 2.00 bits per heavy atom. The number of halogens is 1. The van der Waals surface area contributed by atoms with Crippen LogP contribution in [0.2, 0.25) is 0 Å². The largest absolute Gasteiger partial charge is 0.330 e. The van der Waals surface area contributed by atoms with Gasteiger partial charge in [0.15, 0.2) is 0 Å². The maximum Gasteiger partial charge on any atom is 0.296 e. The van der Waals surface area contributed by atoms with E-state index >= 15 is 0 Å². The molecule has 142 valence electrons. The number of anilines is 1. The molecule has 1 saturated carbocycles. The summed E-state index contributed by atoms with van der Waals surface area (Å²) < 4.78 is 20.9. The minimum atomic E-state index is -0.303. The van der Waals surface area contributed by atoms with Crippen LogP contribution >= 0.6 is 0 Å². The molecule has 1 aliphatic carbocycles. The van der Waals surface area contributed by atoms with Gasteiger partial charge in [-0.15, -0.1) is 0 Å². The predicted molar refractivity (Wildman–Crippen MR) is 98.9 cm³/mol. The highest BCUT2D eigenvalue weighted by Crippen LogP contribution is 2.45. The van der Waals surface area contributed by atoms with Crippen molar-refractivity contribution >= 4 is 11.7 Å². The topological polar surface area (TPSA) is 84.4 Å². The molecule has 0 saturated heterocycles. The second kappa shape index (κ2) is 5.88. The van der Waals surface area contributed by atoms with Crippen LogP contribution in [0.5, 0.6) is 0 Å². The van der Waals surface area contributed by atoms with Crippen LogP contribution in [0.3, 0.4) is 0 Å². The molecule has 3 aliphatic rings. The number of hydrogen-bond acceptors (Lipinski definition) is 7. The number of hydrazone groups is 1. The van der Waals surface area contributed by atoms with Crippen molar-refractivity contribution in [3.63, 3.8) is 0 Å². The first-order valence-corrected chi connectivity index (χ1v) is 9.54. The van der Waals surface area contributed by atoms with Gasteiger partial charge in [0, 0.05) is 17.5 Å². The van der Waals surface area contributed by atoms with Crippen LogP contribution in [0, 0.1) is 11.7 Å². The summed E-state index contributed by atoms with van der Waals surface area (Å²) in [6.45, 7) is 0. The van der Waals surface area contributed by atoms with Crippen molar-refractivity contribution in [2.24, 2.45) is 11.0 Å². The lowest BCUT2D eigenvalue weighted by atomic mass is 9.80. The molecular formula is C19H18FN7O. The maximum absolute atomic E-state index is 13.2. The Morgan fingerprint density at radius 1 is 1.14 bits per heavy atom. The van der Waals surface area contributed by atoms with E-state index in [1.54, 1.807) is 12.1 Å². The zero-order chi connectivity index (χ0) is 18.7. The summed E-state index contributed by atoms with van der Waals surface area (Å²) in [5.74, 6) is 2.45. The Morgan fingerprint density at radius 3 is 2.89 bits per heavy atom. The molecule has 2 aromatic heterocycles. The number of aromatic nitrogens is 4. The normalized spacial score (nSPS) is 25.5. The quantitative estimate of drug-likeness (QED) is 0.737. The zero-order valence-electron chi connectivity index (χ0n) is 15.0. The number of nitrogens with one attached hydrogen (secondary N) is 1. The van der Waals surface area contributed by atoms with Gasteiger partial charge >= 0.3 is 0 Å². The molecule has 8 nitrogen and oxygen atoms in total. The number of benzene rings is 1. The SMILES string of the molecule is Fc1ccc(-c2noc(C3=NNC4C5CCCCC5n5cncc5N34)n2)cc1. The number of nitrogens with zero attached hydrogens (tertiary/aromatic N) is 6. The smallest absolute Gasteiger partial charge is 0.296 e. The molecule has 1 N–H and O–H groups in total. The van der Waals surface area contributed by atoms with E-state index in [0.717, 1.165) is 18.7 Å². The van der Waals surface area contributed by atoms with Crippen molar-refractivity contribution in [2.45, 2.75) is 37.9 Å². The summed E-state index contributed by atoms with van der Waals surface area (Å²) in [5, 5.41) is 8.59. The standard InChI is InChI=1S/C19H18FN7O/c20-12-7-5-11(6-8-12)16-22-19(28-25-16)18-24-23-17-13-3-1-2-4-14(13)26-10-21-9-15(26)27(17)18/h5-10,13-14,17,23H,1-4H2. The lowest BCUT2D eigenvalue weighted by Crippen LogP contribution is -2.53. The lowest BCUT2D eigenvalue weighted by Gasteiger charge is -2.45. The first-order valence-electron chi connectivity index (χ1n) is 9.54. The monoisotopic (exact) mass is 379 g/mol. The van der Waals surface area contributed by atoms with E-state index < -0.39 is 0 Å². The van der Waals surface area contributed by atoms with Crippen LogP contribution in [0.1, 0.15) is 37.6 Å². The summed E-state index contributed by atoms with van der Waals surface area (Å²) in [6.07, 6.45) is 8.59. The number of imidazole rings is 1. The van der Waals surface area contributed by atoms with Gasteiger partial charge in [-0.05, 0) is 37.1 Å².